The molecule has 0 rings (SSSR count). The van der Waals surface area contributed by atoms with Crippen molar-refractivity contribution in [2.24, 2.45) is 5.10 Å². The zero-order valence-corrected chi connectivity index (χ0v) is 8.84. The second-order valence-corrected chi connectivity index (χ2v) is 2.83. The molecule has 0 aliphatic carbocycles. The lowest BCUT2D eigenvalue weighted by Gasteiger charge is -2.04. The van der Waals surface area contributed by atoms with Gasteiger partial charge in [-0.1, -0.05) is 13.8 Å². The van der Waals surface area contributed by atoms with E-state index < -0.39 is 0 Å². The average molecular weight is 201 g/mol. The monoisotopic (exact) mass is 201 g/mol. The third-order valence-electron chi connectivity index (χ3n) is 1.75. The summed E-state index contributed by atoms with van der Waals surface area (Å²) in [6, 6.07) is -0.321. The molecule has 0 radical (unpaired) electrons. The van der Waals surface area contributed by atoms with Crippen molar-refractivity contribution in [2.75, 3.05) is 13.2 Å². The van der Waals surface area contributed by atoms with Gasteiger partial charge in [0.2, 0.25) is 0 Å². The molecule has 14 heavy (non-hydrogen) atoms. The van der Waals surface area contributed by atoms with Gasteiger partial charge in [-0.15, -0.1) is 0 Å². The standard InChI is InChI=1S/C9H19N3O2/c1-3-8(4-2)11-12-9(14)10-6-5-7-13/h13H,3-7H2,1-2H3,(H2,10,12,14). The Balaban J connectivity index is 3.66. The first-order valence-corrected chi connectivity index (χ1v) is 4.94. The molecule has 0 aliphatic heterocycles. The Hall–Kier alpha value is -1.10. The van der Waals surface area contributed by atoms with E-state index in [4.69, 9.17) is 5.11 Å². The first kappa shape index (κ1) is 12.9. The molecule has 0 atom stereocenters. The molecule has 82 valence electrons. The molecule has 0 aromatic rings. The highest BCUT2D eigenvalue weighted by Gasteiger charge is 1.97. The zero-order valence-electron chi connectivity index (χ0n) is 8.84. The highest BCUT2D eigenvalue weighted by molar-refractivity contribution is 5.85. The van der Waals surface area contributed by atoms with Crippen molar-refractivity contribution in [3.63, 3.8) is 0 Å². The molecule has 5 heteroatoms. The van der Waals surface area contributed by atoms with Crippen LogP contribution in [-0.4, -0.2) is 30.0 Å². The minimum atomic E-state index is -0.321. The number of hydrazone groups is 1. The molecule has 0 aliphatic rings. The van der Waals surface area contributed by atoms with E-state index in [1.54, 1.807) is 0 Å². The third kappa shape index (κ3) is 6.42. The zero-order chi connectivity index (χ0) is 10.8. The van der Waals surface area contributed by atoms with Crippen LogP contribution < -0.4 is 10.7 Å². The molecule has 0 fully saturated rings. The van der Waals surface area contributed by atoms with Gasteiger partial charge in [0, 0.05) is 18.9 Å². The minimum Gasteiger partial charge on any atom is -0.396 e. The van der Waals surface area contributed by atoms with E-state index in [0.717, 1.165) is 18.6 Å². The molecule has 0 bridgehead atoms. The van der Waals surface area contributed by atoms with Crippen molar-refractivity contribution in [3.05, 3.63) is 0 Å². The molecule has 0 saturated heterocycles. The van der Waals surface area contributed by atoms with Gasteiger partial charge in [-0.25, -0.2) is 10.2 Å². The largest absolute Gasteiger partial charge is 0.396 e. The van der Waals surface area contributed by atoms with Crippen LogP contribution in [0.5, 0.6) is 0 Å². The fraction of sp³-hybridized carbons (Fsp3) is 0.778. The van der Waals surface area contributed by atoms with Gasteiger partial charge in [0.15, 0.2) is 0 Å². The highest BCUT2D eigenvalue weighted by Crippen LogP contribution is 1.89. The van der Waals surface area contributed by atoms with Crippen LogP contribution in [0.2, 0.25) is 0 Å². The van der Waals surface area contributed by atoms with Gasteiger partial charge < -0.3 is 10.4 Å². The number of hydrogen-bond donors (Lipinski definition) is 3. The van der Waals surface area contributed by atoms with Crippen LogP contribution in [0.4, 0.5) is 4.79 Å². The van der Waals surface area contributed by atoms with Crippen molar-refractivity contribution >= 4 is 11.7 Å². The summed E-state index contributed by atoms with van der Waals surface area (Å²) in [5.74, 6) is 0. The van der Waals surface area contributed by atoms with Crippen LogP contribution in [-0.2, 0) is 0 Å². The maximum Gasteiger partial charge on any atom is 0.335 e. The maximum absolute atomic E-state index is 11.0. The predicted octanol–water partition coefficient (Wildman–Crippen LogP) is 0.844. The number of rotatable bonds is 6. The van der Waals surface area contributed by atoms with E-state index in [0.29, 0.717) is 13.0 Å². The Labute approximate surface area is 84.6 Å². The van der Waals surface area contributed by atoms with Crippen molar-refractivity contribution in [1.82, 2.24) is 10.7 Å². The summed E-state index contributed by atoms with van der Waals surface area (Å²) in [5.41, 5.74) is 3.36. The molecule has 0 saturated carbocycles. The Bertz CT molecular complexity index is 186. The maximum atomic E-state index is 11.0. The summed E-state index contributed by atoms with van der Waals surface area (Å²) in [7, 11) is 0. The summed E-state index contributed by atoms with van der Waals surface area (Å²) < 4.78 is 0. The summed E-state index contributed by atoms with van der Waals surface area (Å²) in [6.45, 7) is 4.53. The summed E-state index contributed by atoms with van der Waals surface area (Å²) in [6.07, 6.45) is 2.24. The molecule has 0 unspecified atom stereocenters. The van der Waals surface area contributed by atoms with Crippen molar-refractivity contribution in [2.45, 2.75) is 33.1 Å². The summed E-state index contributed by atoms with van der Waals surface area (Å²) >= 11 is 0. The van der Waals surface area contributed by atoms with Crippen molar-refractivity contribution in [3.8, 4) is 0 Å². The number of aliphatic hydroxyl groups excluding tert-OH is 1. The van der Waals surface area contributed by atoms with Gasteiger partial charge in [0.05, 0.1) is 0 Å². The lowest BCUT2D eigenvalue weighted by atomic mass is 10.2. The third-order valence-corrected chi connectivity index (χ3v) is 1.75. The van der Waals surface area contributed by atoms with Gasteiger partial charge >= 0.3 is 6.03 Å². The number of amides is 2. The molecule has 0 heterocycles. The Kier molecular flexibility index (Phi) is 7.83. The van der Waals surface area contributed by atoms with Crippen LogP contribution in [0, 0.1) is 0 Å². The summed E-state index contributed by atoms with van der Waals surface area (Å²) in [4.78, 5) is 11.0. The number of carbonyl (C=O) groups is 1. The van der Waals surface area contributed by atoms with Gasteiger partial charge in [-0.3, -0.25) is 0 Å². The van der Waals surface area contributed by atoms with Gasteiger partial charge in [-0.05, 0) is 19.3 Å². The fourth-order valence-electron chi connectivity index (χ4n) is 0.858. The van der Waals surface area contributed by atoms with Crippen LogP contribution in [0.25, 0.3) is 0 Å². The van der Waals surface area contributed by atoms with E-state index >= 15 is 0 Å². The normalized spacial score (nSPS) is 9.36. The van der Waals surface area contributed by atoms with Gasteiger partial charge in [0.25, 0.3) is 0 Å². The van der Waals surface area contributed by atoms with Crippen LogP contribution >= 0.6 is 0 Å². The molecular formula is C9H19N3O2. The molecule has 0 spiro atoms. The quantitative estimate of drug-likeness (QED) is 0.338. The lowest BCUT2D eigenvalue weighted by Crippen LogP contribution is -2.33. The molecular weight excluding hydrogens is 182 g/mol. The Morgan fingerprint density at radius 2 is 2.00 bits per heavy atom. The molecule has 2 amide bonds. The number of hydrogen-bond acceptors (Lipinski definition) is 3. The molecule has 0 aromatic heterocycles. The first-order chi connectivity index (χ1) is 6.74. The average Bonchev–Trinajstić information content (AvgIpc) is 2.20. The smallest absolute Gasteiger partial charge is 0.335 e. The molecule has 0 aromatic carbocycles. The topological polar surface area (TPSA) is 73.7 Å². The van der Waals surface area contributed by atoms with E-state index in [-0.39, 0.29) is 12.6 Å². The van der Waals surface area contributed by atoms with E-state index in [1.807, 2.05) is 13.8 Å². The number of nitrogens with zero attached hydrogens (tertiary/aromatic N) is 1. The fourth-order valence-corrected chi connectivity index (χ4v) is 0.858. The van der Waals surface area contributed by atoms with E-state index in [9.17, 15) is 4.79 Å². The first-order valence-electron chi connectivity index (χ1n) is 4.94. The highest BCUT2D eigenvalue weighted by atomic mass is 16.3. The second kappa shape index (κ2) is 8.50. The van der Waals surface area contributed by atoms with E-state index in [1.165, 1.54) is 0 Å². The van der Waals surface area contributed by atoms with E-state index in [2.05, 4.69) is 15.8 Å². The number of urea groups is 1. The van der Waals surface area contributed by atoms with Gasteiger partial charge in [0.1, 0.15) is 0 Å². The lowest BCUT2D eigenvalue weighted by molar-refractivity contribution is 0.238. The molecule has 5 nitrogen and oxygen atoms in total. The van der Waals surface area contributed by atoms with Gasteiger partial charge in [-0.2, -0.15) is 5.10 Å². The number of aliphatic hydroxyl groups is 1. The van der Waals surface area contributed by atoms with Crippen molar-refractivity contribution < 1.29 is 9.90 Å². The Morgan fingerprint density at radius 1 is 1.36 bits per heavy atom. The predicted molar refractivity (Wildman–Crippen MR) is 56.3 cm³/mol. The number of carbonyl (C=O) groups excluding carboxylic acids is 1. The summed E-state index contributed by atoms with van der Waals surface area (Å²) in [5, 5.41) is 15.0. The van der Waals surface area contributed by atoms with Crippen LogP contribution in [0.15, 0.2) is 5.10 Å². The SMILES string of the molecule is CCC(CC)=NNC(=O)NCCCO. The minimum absolute atomic E-state index is 0.0821. The second-order valence-electron chi connectivity index (χ2n) is 2.83. The van der Waals surface area contributed by atoms with Crippen molar-refractivity contribution in [1.29, 1.82) is 0 Å². The number of nitrogens with one attached hydrogen (secondary N) is 2. The Morgan fingerprint density at radius 3 is 2.50 bits per heavy atom. The van der Waals surface area contributed by atoms with Crippen LogP contribution in [0.3, 0.4) is 0 Å². The molecule has 3 N–H and O–H groups in total. The van der Waals surface area contributed by atoms with Crippen LogP contribution in [0.1, 0.15) is 33.1 Å².